The number of nitrogens with zero attached hydrogens (tertiary/aromatic N) is 1. The Hall–Kier alpha value is -2.74. The minimum absolute atomic E-state index is 0.0111. The Morgan fingerprint density at radius 3 is 2.73 bits per heavy atom. The van der Waals surface area contributed by atoms with Gasteiger partial charge in [-0.25, -0.2) is 13.2 Å². The van der Waals surface area contributed by atoms with Crippen molar-refractivity contribution in [2.75, 3.05) is 4.72 Å². The van der Waals surface area contributed by atoms with E-state index >= 15 is 0 Å². The number of carboxylic acids is 1. The standard InChI is InChI=1S/C14H12N2O5S/c1-16-8-10(7-12(16)14(17)18)15-22(19,20)11-2-3-13-9(6-11)4-5-21-13/h2-8,15H,1H3,(H,17,18). The number of anilines is 1. The van der Waals surface area contributed by atoms with Crippen molar-refractivity contribution in [2.24, 2.45) is 7.05 Å². The van der Waals surface area contributed by atoms with Crippen LogP contribution in [0.15, 0.2) is 52.1 Å². The van der Waals surface area contributed by atoms with Crippen molar-refractivity contribution in [1.29, 1.82) is 0 Å². The molecular weight excluding hydrogens is 308 g/mol. The highest BCUT2D eigenvalue weighted by Crippen LogP contribution is 2.23. The van der Waals surface area contributed by atoms with Crippen LogP contribution in [0.4, 0.5) is 5.69 Å². The highest BCUT2D eigenvalue weighted by molar-refractivity contribution is 7.92. The Morgan fingerprint density at radius 2 is 2.05 bits per heavy atom. The molecule has 2 N–H and O–H groups in total. The van der Waals surface area contributed by atoms with Crippen LogP contribution in [0, 0.1) is 0 Å². The van der Waals surface area contributed by atoms with Gasteiger partial charge < -0.3 is 14.1 Å². The second-order valence-corrected chi connectivity index (χ2v) is 6.44. The SMILES string of the molecule is Cn1cc(NS(=O)(=O)c2ccc3occc3c2)cc1C(=O)O. The average Bonchev–Trinajstić information content (AvgIpc) is 3.03. The molecule has 0 atom stereocenters. The third-order valence-electron chi connectivity index (χ3n) is 3.21. The van der Waals surface area contributed by atoms with E-state index < -0.39 is 16.0 Å². The number of hydrogen-bond donors (Lipinski definition) is 2. The first-order valence-electron chi connectivity index (χ1n) is 6.26. The highest BCUT2D eigenvalue weighted by Gasteiger charge is 2.18. The molecule has 0 amide bonds. The summed E-state index contributed by atoms with van der Waals surface area (Å²) >= 11 is 0. The van der Waals surface area contributed by atoms with Crippen LogP contribution in [-0.2, 0) is 17.1 Å². The van der Waals surface area contributed by atoms with Gasteiger partial charge in [0.15, 0.2) is 0 Å². The van der Waals surface area contributed by atoms with E-state index in [1.54, 1.807) is 12.1 Å². The first-order valence-corrected chi connectivity index (χ1v) is 7.75. The lowest BCUT2D eigenvalue weighted by molar-refractivity contribution is 0.0686. The molecule has 2 aromatic heterocycles. The van der Waals surface area contributed by atoms with Crippen LogP contribution in [0.2, 0.25) is 0 Å². The van der Waals surface area contributed by atoms with Crippen LogP contribution < -0.4 is 4.72 Å². The van der Waals surface area contributed by atoms with Crippen molar-refractivity contribution in [2.45, 2.75) is 4.90 Å². The quantitative estimate of drug-likeness (QED) is 0.768. The zero-order chi connectivity index (χ0) is 15.9. The summed E-state index contributed by atoms with van der Waals surface area (Å²) in [6, 6.07) is 7.41. The second kappa shape index (κ2) is 4.92. The third kappa shape index (κ3) is 2.44. The number of carboxylic acid groups (broad SMARTS) is 1. The summed E-state index contributed by atoms with van der Waals surface area (Å²) in [5, 5.41) is 9.65. The Kier molecular flexibility index (Phi) is 3.18. The molecule has 0 spiro atoms. The van der Waals surface area contributed by atoms with Crippen molar-refractivity contribution in [3.05, 3.63) is 48.5 Å². The number of hydrogen-bond acceptors (Lipinski definition) is 4. The molecule has 2 heterocycles. The Balaban J connectivity index is 1.96. The molecule has 8 heteroatoms. The van der Waals surface area contributed by atoms with Gasteiger partial charge in [-0.15, -0.1) is 0 Å². The minimum Gasteiger partial charge on any atom is -0.477 e. The van der Waals surface area contributed by atoms with Gasteiger partial charge in [-0.05, 0) is 30.3 Å². The smallest absolute Gasteiger partial charge is 0.352 e. The zero-order valence-corrected chi connectivity index (χ0v) is 12.3. The molecule has 0 bridgehead atoms. The van der Waals surface area contributed by atoms with E-state index in [2.05, 4.69) is 4.72 Å². The summed E-state index contributed by atoms with van der Waals surface area (Å²) in [7, 11) is -2.28. The van der Waals surface area contributed by atoms with Gasteiger partial charge in [-0.2, -0.15) is 0 Å². The third-order valence-corrected chi connectivity index (χ3v) is 4.59. The summed E-state index contributed by atoms with van der Waals surface area (Å²) in [6.07, 6.45) is 2.88. The minimum atomic E-state index is -3.81. The molecule has 114 valence electrons. The normalized spacial score (nSPS) is 11.7. The summed E-state index contributed by atoms with van der Waals surface area (Å²) in [5.41, 5.74) is 0.766. The zero-order valence-electron chi connectivity index (χ0n) is 11.5. The van der Waals surface area contributed by atoms with E-state index in [1.807, 2.05) is 0 Å². The Morgan fingerprint density at radius 1 is 1.27 bits per heavy atom. The molecule has 7 nitrogen and oxygen atoms in total. The molecule has 0 radical (unpaired) electrons. The van der Waals surface area contributed by atoms with E-state index in [0.29, 0.717) is 11.0 Å². The highest BCUT2D eigenvalue weighted by atomic mass is 32.2. The largest absolute Gasteiger partial charge is 0.477 e. The summed E-state index contributed by atoms with van der Waals surface area (Å²) in [4.78, 5) is 11.1. The van der Waals surface area contributed by atoms with E-state index in [1.165, 1.54) is 42.3 Å². The fraction of sp³-hybridized carbons (Fsp3) is 0.0714. The second-order valence-electron chi connectivity index (χ2n) is 4.76. The van der Waals surface area contributed by atoms with Gasteiger partial charge in [0.05, 0.1) is 16.8 Å². The molecule has 3 rings (SSSR count). The average molecular weight is 320 g/mol. The molecular formula is C14H12N2O5S. The van der Waals surface area contributed by atoms with Gasteiger partial charge in [0.25, 0.3) is 10.0 Å². The van der Waals surface area contributed by atoms with Gasteiger partial charge in [-0.1, -0.05) is 0 Å². The molecule has 0 unspecified atom stereocenters. The maximum Gasteiger partial charge on any atom is 0.352 e. The molecule has 22 heavy (non-hydrogen) atoms. The maximum absolute atomic E-state index is 12.4. The number of nitrogens with one attached hydrogen (secondary N) is 1. The molecule has 0 fully saturated rings. The number of benzene rings is 1. The van der Waals surface area contributed by atoms with Crippen LogP contribution in [-0.4, -0.2) is 24.1 Å². The summed E-state index contributed by atoms with van der Waals surface area (Å²) < 4.78 is 33.6. The van der Waals surface area contributed by atoms with Crippen LogP contribution in [0.3, 0.4) is 0 Å². The molecule has 0 saturated carbocycles. The predicted octanol–water partition coefficient (Wildman–Crippen LogP) is 2.27. The van der Waals surface area contributed by atoms with Gasteiger partial charge >= 0.3 is 5.97 Å². The van der Waals surface area contributed by atoms with E-state index in [0.717, 1.165) is 0 Å². The topological polar surface area (TPSA) is 102 Å². The van der Waals surface area contributed by atoms with Crippen molar-refractivity contribution in [3.8, 4) is 0 Å². The summed E-state index contributed by atoms with van der Waals surface area (Å²) in [6.45, 7) is 0. The number of aromatic carboxylic acids is 1. The lowest BCUT2D eigenvalue weighted by atomic mass is 10.3. The Bertz CT molecular complexity index is 968. The monoisotopic (exact) mass is 320 g/mol. The number of fused-ring (bicyclic) bond motifs is 1. The molecule has 3 aromatic rings. The van der Waals surface area contributed by atoms with Gasteiger partial charge in [0.1, 0.15) is 11.3 Å². The van der Waals surface area contributed by atoms with E-state index in [-0.39, 0.29) is 16.3 Å². The van der Waals surface area contributed by atoms with E-state index in [9.17, 15) is 13.2 Å². The van der Waals surface area contributed by atoms with Crippen molar-refractivity contribution in [1.82, 2.24) is 4.57 Å². The Labute approximate surface area is 125 Å². The van der Waals surface area contributed by atoms with Crippen molar-refractivity contribution >= 4 is 32.6 Å². The van der Waals surface area contributed by atoms with E-state index in [4.69, 9.17) is 9.52 Å². The van der Waals surface area contributed by atoms with Gasteiger partial charge in [-0.3, -0.25) is 4.72 Å². The fourth-order valence-corrected chi connectivity index (χ4v) is 3.23. The van der Waals surface area contributed by atoms with Gasteiger partial charge in [0, 0.05) is 18.6 Å². The molecule has 1 aromatic carbocycles. The number of furan rings is 1. The lowest BCUT2D eigenvalue weighted by Gasteiger charge is -2.06. The van der Waals surface area contributed by atoms with Crippen LogP contribution in [0.1, 0.15) is 10.5 Å². The molecule has 0 aliphatic rings. The van der Waals surface area contributed by atoms with Crippen molar-refractivity contribution < 1.29 is 22.7 Å². The number of aryl methyl sites for hydroxylation is 1. The molecule has 0 aliphatic heterocycles. The number of rotatable bonds is 4. The van der Waals surface area contributed by atoms with Crippen LogP contribution >= 0.6 is 0 Å². The summed E-state index contributed by atoms with van der Waals surface area (Å²) in [5.74, 6) is -1.13. The number of carbonyl (C=O) groups is 1. The lowest BCUT2D eigenvalue weighted by Crippen LogP contribution is -2.12. The van der Waals surface area contributed by atoms with Crippen LogP contribution in [0.25, 0.3) is 11.0 Å². The predicted molar refractivity (Wildman–Crippen MR) is 79.4 cm³/mol. The molecule has 0 aliphatic carbocycles. The fourth-order valence-electron chi connectivity index (χ4n) is 2.16. The maximum atomic E-state index is 12.4. The first kappa shape index (κ1) is 14.2. The van der Waals surface area contributed by atoms with Gasteiger partial charge in [0.2, 0.25) is 0 Å². The van der Waals surface area contributed by atoms with Crippen LogP contribution in [0.5, 0.6) is 0 Å². The number of sulfonamides is 1. The molecule has 0 saturated heterocycles. The number of aromatic nitrogens is 1. The van der Waals surface area contributed by atoms with Crippen molar-refractivity contribution in [3.63, 3.8) is 0 Å². The first-order chi connectivity index (χ1) is 10.4.